The van der Waals surface area contributed by atoms with Crippen LogP contribution in [0.3, 0.4) is 0 Å². The molecule has 0 aromatic heterocycles. The van der Waals surface area contributed by atoms with E-state index in [1.54, 1.807) is 0 Å². The molecule has 0 bridgehead atoms. The Kier molecular flexibility index (Phi) is 4.10. The monoisotopic (exact) mass is 229 g/mol. The number of piperidine rings is 1. The molecule has 17 heavy (non-hydrogen) atoms. The van der Waals surface area contributed by atoms with Crippen molar-refractivity contribution in [2.45, 2.75) is 19.3 Å². The number of aldehydes is 1. The molecular formula is C15H19NO. The van der Waals surface area contributed by atoms with Gasteiger partial charge in [0.2, 0.25) is 0 Å². The van der Waals surface area contributed by atoms with Crippen LogP contribution in [0.2, 0.25) is 0 Å². The van der Waals surface area contributed by atoms with Crippen LogP contribution in [0.4, 0.5) is 0 Å². The Labute approximate surface area is 103 Å². The normalized spacial score (nSPS) is 16.7. The lowest BCUT2D eigenvalue weighted by molar-refractivity contribution is 0.112. The van der Waals surface area contributed by atoms with Crippen LogP contribution in [0.25, 0.3) is 5.57 Å². The lowest BCUT2D eigenvalue weighted by Gasteiger charge is -2.27. The van der Waals surface area contributed by atoms with E-state index in [2.05, 4.69) is 11.5 Å². The average Bonchev–Trinajstić information content (AvgIpc) is 2.40. The number of benzene rings is 1. The SMILES string of the molecule is C=C(CN1CCCCC1)c1ccc(C=O)cc1. The molecule has 0 N–H and O–H groups in total. The highest BCUT2D eigenvalue weighted by Gasteiger charge is 2.11. The standard InChI is InChI=1S/C15H19NO/c1-13(11-16-9-3-2-4-10-16)15-7-5-14(12-17)6-8-15/h5-8,12H,1-4,9-11H2. The van der Waals surface area contributed by atoms with Crippen molar-refractivity contribution in [3.05, 3.63) is 42.0 Å². The highest BCUT2D eigenvalue weighted by atomic mass is 16.1. The summed E-state index contributed by atoms with van der Waals surface area (Å²) < 4.78 is 0. The van der Waals surface area contributed by atoms with E-state index >= 15 is 0 Å². The number of carbonyl (C=O) groups excluding carboxylic acids is 1. The average molecular weight is 229 g/mol. The van der Waals surface area contributed by atoms with Crippen LogP contribution in [-0.4, -0.2) is 30.8 Å². The summed E-state index contributed by atoms with van der Waals surface area (Å²) in [5.41, 5.74) is 3.00. The zero-order valence-electron chi connectivity index (χ0n) is 10.2. The first kappa shape index (κ1) is 12.1. The highest BCUT2D eigenvalue weighted by molar-refractivity contribution is 5.76. The van der Waals surface area contributed by atoms with E-state index in [9.17, 15) is 4.79 Å². The van der Waals surface area contributed by atoms with Gasteiger partial charge in [0, 0.05) is 12.1 Å². The highest BCUT2D eigenvalue weighted by Crippen LogP contribution is 2.17. The van der Waals surface area contributed by atoms with Crippen LogP contribution in [0.1, 0.15) is 35.2 Å². The van der Waals surface area contributed by atoms with Gasteiger partial charge in [-0.1, -0.05) is 37.3 Å². The molecule has 90 valence electrons. The van der Waals surface area contributed by atoms with E-state index in [1.807, 2.05) is 24.3 Å². The van der Waals surface area contributed by atoms with E-state index < -0.39 is 0 Å². The number of hydrogen-bond donors (Lipinski definition) is 0. The first-order valence-electron chi connectivity index (χ1n) is 6.25. The second-order valence-corrected chi connectivity index (χ2v) is 4.68. The van der Waals surface area contributed by atoms with Crippen molar-refractivity contribution in [1.82, 2.24) is 4.90 Å². The maximum absolute atomic E-state index is 10.6. The quantitative estimate of drug-likeness (QED) is 0.740. The summed E-state index contributed by atoms with van der Waals surface area (Å²) in [5.74, 6) is 0. The predicted octanol–water partition coefficient (Wildman–Crippen LogP) is 3.00. The molecule has 1 aliphatic rings. The van der Waals surface area contributed by atoms with Gasteiger partial charge in [-0.2, -0.15) is 0 Å². The third-order valence-corrected chi connectivity index (χ3v) is 3.32. The van der Waals surface area contributed by atoms with Crippen molar-refractivity contribution in [2.24, 2.45) is 0 Å². The number of nitrogens with zero attached hydrogens (tertiary/aromatic N) is 1. The van der Waals surface area contributed by atoms with Gasteiger partial charge in [-0.3, -0.25) is 9.69 Å². The maximum atomic E-state index is 10.6. The number of carbonyl (C=O) groups is 1. The molecule has 1 aliphatic heterocycles. The van der Waals surface area contributed by atoms with Crippen LogP contribution in [-0.2, 0) is 0 Å². The second kappa shape index (κ2) is 5.78. The zero-order valence-corrected chi connectivity index (χ0v) is 10.2. The first-order chi connectivity index (χ1) is 8.29. The Bertz CT molecular complexity index is 388. The summed E-state index contributed by atoms with van der Waals surface area (Å²) in [7, 11) is 0. The molecule has 0 unspecified atom stereocenters. The molecule has 1 fully saturated rings. The van der Waals surface area contributed by atoms with Gasteiger partial charge in [0.15, 0.2) is 0 Å². The Balaban J connectivity index is 1.95. The molecule has 0 aliphatic carbocycles. The lowest BCUT2D eigenvalue weighted by Crippen LogP contribution is -2.30. The zero-order chi connectivity index (χ0) is 12.1. The molecule has 0 saturated carbocycles. The summed E-state index contributed by atoms with van der Waals surface area (Å²) in [4.78, 5) is 13.0. The minimum Gasteiger partial charge on any atom is -0.299 e. The van der Waals surface area contributed by atoms with Crippen molar-refractivity contribution >= 4 is 11.9 Å². The van der Waals surface area contributed by atoms with E-state index in [4.69, 9.17) is 0 Å². The molecule has 2 heteroatoms. The Morgan fingerprint density at radius 3 is 2.41 bits per heavy atom. The van der Waals surface area contributed by atoms with Gasteiger partial charge in [-0.05, 0) is 37.1 Å². The minimum atomic E-state index is 0.722. The molecule has 0 atom stereocenters. The van der Waals surface area contributed by atoms with Gasteiger partial charge in [0.05, 0.1) is 0 Å². The number of hydrogen-bond acceptors (Lipinski definition) is 2. The Morgan fingerprint density at radius 1 is 1.18 bits per heavy atom. The van der Waals surface area contributed by atoms with Crippen LogP contribution < -0.4 is 0 Å². The van der Waals surface area contributed by atoms with Crippen molar-refractivity contribution in [1.29, 1.82) is 0 Å². The molecule has 1 aromatic carbocycles. The molecule has 0 spiro atoms. The van der Waals surface area contributed by atoms with E-state index in [-0.39, 0.29) is 0 Å². The van der Waals surface area contributed by atoms with Crippen LogP contribution in [0, 0.1) is 0 Å². The van der Waals surface area contributed by atoms with Crippen molar-refractivity contribution < 1.29 is 4.79 Å². The molecule has 2 nitrogen and oxygen atoms in total. The lowest BCUT2D eigenvalue weighted by atomic mass is 10.0. The largest absolute Gasteiger partial charge is 0.299 e. The summed E-state index contributed by atoms with van der Waals surface area (Å²) in [5, 5.41) is 0. The molecule has 0 amide bonds. The molecule has 0 radical (unpaired) electrons. The molecular weight excluding hydrogens is 210 g/mol. The molecule has 1 aromatic rings. The van der Waals surface area contributed by atoms with E-state index in [1.165, 1.54) is 32.4 Å². The summed E-state index contributed by atoms with van der Waals surface area (Å²) in [6.07, 6.45) is 4.84. The third kappa shape index (κ3) is 3.27. The predicted molar refractivity (Wildman–Crippen MR) is 71.2 cm³/mol. The van der Waals surface area contributed by atoms with Gasteiger partial charge in [0.25, 0.3) is 0 Å². The fraction of sp³-hybridized carbons (Fsp3) is 0.400. The van der Waals surface area contributed by atoms with Gasteiger partial charge >= 0.3 is 0 Å². The van der Waals surface area contributed by atoms with E-state index in [0.29, 0.717) is 0 Å². The third-order valence-electron chi connectivity index (χ3n) is 3.32. The fourth-order valence-electron chi connectivity index (χ4n) is 2.28. The van der Waals surface area contributed by atoms with Gasteiger partial charge in [-0.15, -0.1) is 0 Å². The van der Waals surface area contributed by atoms with Crippen molar-refractivity contribution in [3.8, 4) is 0 Å². The summed E-state index contributed by atoms with van der Waals surface area (Å²) in [6, 6.07) is 7.67. The number of rotatable bonds is 4. The maximum Gasteiger partial charge on any atom is 0.150 e. The first-order valence-corrected chi connectivity index (χ1v) is 6.25. The molecule has 1 saturated heterocycles. The van der Waals surface area contributed by atoms with Crippen molar-refractivity contribution in [2.75, 3.05) is 19.6 Å². The van der Waals surface area contributed by atoms with Gasteiger partial charge in [0.1, 0.15) is 6.29 Å². The van der Waals surface area contributed by atoms with Gasteiger partial charge in [-0.25, -0.2) is 0 Å². The van der Waals surface area contributed by atoms with Crippen LogP contribution in [0.5, 0.6) is 0 Å². The van der Waals surface area contributed by atoms with Crippen molar-refractivity contribution in [3.63, 3.8) is 0 Å². The van der Waals surface area contributed by atoms with Crippen LogP contribution in [0.15, 0.2) is 30.8 Å². The number of likely N-dealkylation sites (tertiary alicyclic amines) is 1. The summed E-state index contributed by atoms with van der Waals surface area (Å²) >= 11 is 0. The Morgan fingerprint density at radius 2 is 1.82 bits per heavy atom. The molecule has 1 heterocycles. The fourth-order valence-corrected chi connectivity index (χ4v) is 2.28. The topological polar surface area (TPSA) is 20.3 Å². The smallest absolute Gasteiger partial charge is 0.150 e. The Hall–Kier alpha value is -1.41. The van der Waals surface area contributed by atoms with Gasteiger partial charge < -0.3 is 0 Å². The van der Waals surface area contributed by atoms with E-state index in [0.717, 1.165) is 29.5 Å². The molecule has 2 rings (SSSR count). The summed E-state index contributed by atoms with van der Waals surface area (Å²) in [6.45, 7) is 7.46. The minimum absolute atomic E-state index is 0.722. The second-order valence-electron chi connectivity index (χ2n) is 4.68. The van der Waals surface area contributed by atoms with Crippen LogP contribution >= 0.6 is 0 Å².